The van der Waals surface area contributed by atoms with Gasteiger partial charge in [0, 0.05) is 6.54 Å². The van der Waals surface area contributed by atoms with Crippen LogP contribution < -0.4 is 19.7 Å². The highest BCUT2D eigenvalue weighted by atomic mass is 19.1. The predicted octanol–water partition coefficient (Wildman–Crippen LogP) is 2.49. The molecule has 3 heterocycles. The van der Waals surface area contributed by atoms with Gasteiger partial charge in [0.25, 0.3) is 0 Å². The second-order valence-electron chi connectivity index (χ2n) is 8.51. The molecule has 0 saturated carbocycles. The summed E-state index contributed by atoms with van der Waals surface area (Å²) in [5.41, 5.74) is 0.297. The highest BCUT2D eigenvalue weighted by Gasteiger charge is 2.67. The molecule has 0 radical (unpaired) electrons. The maximum Gasteiger partial charge on any atom is 0.234 e. The maximum absolute atomic E-state index is 14.4. The highest BCUT2D eigenvalue weighted by Crippen LogP contribution is 2.52. The van der Waals surface area contributed by atoms with E-state index in [0.29, 0.717) is 24.5 Å². The maximum atomic E-state index is 14.4. The molecule has 3 aliphatic heterocycles. The fourth-order valence-electron chi connectivity index (χ4n) is 5.16. The average Bonchev–Trinajstić information content (AvgIpc) is 3.47. The number of amides is 2. The second-order valence-corrected chi connectivity index (χ2v) is 8.51. The van der Waals surface area contributed by atoms with Crippen LogP contribution in [0.4, 0.5) is 10.1 Å². The number of carbonyl (C=O) groups excluding carboxylic acids is 2. The third-order valence-corrected chi connectivity index (χ3v) is 6.71. The van der Waals surface area contributed by atoms with Crippen LogP contribution in [0.1, 0.15) is 5.56 Å². The lowest BCUT2D eigenvalue weighted by Gasteiger charge is -2.23. The number of nitrogens with zero attached hydrogens (tertiary/aromatic N) is 1. The van der Waals surface area contributed by atoms with Crippen LogP contribution in [-0.4, -0.2) is 50.8 Å². The Labute approximate surface area is 191 Å². The molecule has 1 spiro atoms. The molecule has 2 amide bonds. The quantitative estimate of drug-likeness (QED) is 0.654. The first-order valence-electron chi connectivity index (χ1n) is 10.9. The Morgan fingerprint density at radius 1 is 1.21 bits per heavy atom. The lowest BCUT2D eigenvalue weighted by molar-refractivity contribution is -0.131. The van der Waals surface area contributed by atoms with E-state index in [1.165, 1.54) is 11.0 Å². The highest BCUT2D eigenvalue weighted by molar-refractivity contribution is 6.03. The van der Waals surface area contributed by atoms with Crippen LogP contribution in [-0.2, 0) is 20.7 Å². The van der Waals surface area contributed by atoms with Gasteiger partial charge in [0.2, 0.25) is 11.8 Å². The van der Waals surface area contributed by atoms with E-state index in [2.05, 4.69) is 5.32 Å². The molecule has 0 aromatic heterocycles. The lowest BCUT2D eigenvalue weighted by atomic mass is 9.77. The molecule has 5 rings (SSSR count). The van der Waals surface area contributed by atoms with Gasteiger partial charge in [-0.15, -0.1) is 0 Å². The molecule has 2 aromatic carbocycles. The van der Waals surface area contributed by atoms with Crippen molar-refractivity contribution in [2.45, 2.75) is 18.1 Å². The third kappa shape index (κ3) is 3.45. The summed E-state index contributed by atoms with van der Waals surface area (Å²) in [7, 11) is 3.15. The zero-order valence-electron chi connectivity index (χ0n) is 18.4. The number of anilines is 1. The molecule has 7 nitrogen and oxygen atoms in total. The van der Waals surface area contributed by atoms with Crippen LogP contribution in [0.15, 0.2) is 54.6 Å². The summed E-state index contributed by atoms with van der Waals surface area (Å²) in [5, 5.41) is 2.95. The summed E-state index contributed by atoms with van der Waals surface area (Å²) in [4.78, 5) is 27.8. The van der Waals surface area contributed by atoms with E-state index in [1.807, 2.05) is 30.4 Å². The smallest absolute Gasteiger partial charge is 0.234 e. The van der Waals surface area contributed by atoms with Crippen molar-refractivity contribution >= 4 is 17.5 Å². The van der Waals surface area contributed by atoms with Gasteiger partial charge in [-0.3, -0.25) is 9.59 Å². The van der Waals surface area contributed by atoms with Gasteiger partial charge in [-0.05, 0) is 36.2 Å². The van der Waals surface area contributed by atoms with E-state index < -0.39 is 29.4 Å². The number of para-hydroxylation sites is 1. The SMILES string of the molecule is COc1ccc(CCNC(=O)[C@H]2[C@H]3C(=O)N(c4ccccc4F)C[C@]34C=C[C@H]2O4)cc1OC. The number of methoxy groups -OCH3 is 2. The lowest BCUT2D eigenvalue weighted by Crippen LogP contribution is -2.44. The van der Waals surface area contributed by atoms with Crippen LogP contribution >= 0.6 is 0 Å². The van der Waals surface area contributed by atoms with Crippen molar-refractivity contribution in [1.82, 2.24) is 5.32 Å². The summed E-state index contributed by atoms with van der Waals surface area (Å²) in [6.07, 6.45) is 3.83. The Hall–Kier alpha value is -3.39. The number of hydrogen-bond acceptors (Lipinski definition) is 5. The molecule has 2 fully saturated rings. The number of rotatable bonds is 7. The first kappa shape index (κ1) is 21.5. The monoisotopic (exact) mass is 452 g/mol. The molecule has 0 unspecified atom stereocenters. The van der Waals surface area contributed by atoms with Gasteiger partial charge in [0.15, 0.2) is 11.5 Å². The van der Waals surface area contributed by atoms with Crippen LogP contribution in [0.2, 0.25) is 0 Å². The molecular formula is C25H25FN2O5. The van der Waals surface area contributed by atoms with Crippen LogP contribution in [0, 0.1) is 17.7 Å². The second kappa shape index (κ2) is 8.19. The molecule has 2 aromatic rings. The van der Waals surface area contributed by atoms with Crippen LogP contribution in [0.25, 0.3) is 0 Å². The minimum Gasteiger partial charge on any atom is -0.493 e. The zero-order chi connectivity index (χ0) is 23.2. The Kier molecular flexibility index (Phi) is 5.32. The first-order chi connectivity index (χ1) is 16.0. The fourth-order valence-corrected chi connectivity index (χ4v) is 5.16. The van der Waals surface area contributed by atoms with E-state index in [9.17, 15) is 14.0 Å². The van der Waals surface area contributed by atoms with Gasteiger partial charge >= 0.3 is 0 Å². The van der Waals surface area contributed by atoms with Gasteiger partial charge < -0.3 is 24.4 Å². The summed E-state index contributed by atoms with van der Waals surface area (Å²) in [5.74, 6) is -1.05. The Morgan fingerprint density at radius 2 is 2.00 bits per heavy atom. The summed E-state index contributed by atoms with van der Waals surface area (Å²) < 4.78 is 31.1. The Balaban J connectivity index is 1.28. The van der Waals surface area contributed by atoms with Gasteiger partial charge in [-0.1, -0.05) is 30.4 Å². The van der Waals surface area contributed by atoms with E-state index in [1.54, 1.807) is 32.4 Å². The van der Waals surface area contributed by atoms with Crippen molar-refractivity contribution in [2.24, 2.45) is 11.8 Å². The molecule has 8 heteroatoms. The van der Waals surface area contributed by atoms with Gasteiger partial charge in [-0.25, -0.2) is 4.39 Å². The molecule has 33 heavy (non-hydrogen) atoms. The zero-order valence-corrected chi connectivity index (χ0v) is 18.4. The number of halogens is 1. The molecule has 0 aliphatic carbocycles. The number of nitrogens with one attached hydrogen (secondary N) is 1. The number of hydrogen-bond donors (Lipinski definition) is 1. The van der Waals surface area contributed by atoms with Crippen molar-refractivity contribution in [3.8, 4) is 11.5 Å². The molecule has 1 N–H and O–H groups in total. The van der Waals surface area contributed by atoms with Crippen molar-refractivity contribution in [2.75, 3.05) is 32.2 Å². The van der Waals surface area contributed by atoms with Crippen LogP contribution in [0.5, 0.6) is 11.5 Å². The van der Waals surface area contributed by atoms with Gasteiger partial charge in [0.05, 0.1) is 44.4 Å². The minimum atomic E-state index is -0.893. The molecule has 2 bridgehead atoms. The summed E-state index contributed by atoms with van der Waals surface area (Å²) >= 11 is 0. The number of benzene rings is 2. The van der Waals surface area contributed by atoms with Gasteiger partial charge in [-0.2, -0.15) is 0 Å². The van der Waals surface area contributed by atoms with E-state index >= 15 is 0 Å². The van der Waals surface area contributed by atoms with Crippen molar-refractivity contribution < 1.29 is 28.2 Å². The topological polar surface area (TPSA) is 77.1 Å². The van der Waals surface area contributed by atoms with Gasteiger partial charge in [0.1, 0.15) is 11.4 Å². The molecular weight excluding hydrogens is 427 g/mol. The van der Waals surface area contributed by atoms with Crippen molar-refractivity contribution in [3.63, 3.8) is 0 Å². The normalized spacial score (nSPS) is 27.1. The Morgan fingerprint density at radius 3 is 2.76 bits per heavy atom. The third-order valence-electron chi connectivity index (χ3n) is 6.71. The van der Waals surface area contributed by atoms with E-state index in [0.717, 1.165) is 5.56 Å². The van der Waals surface area contributed by atoms with Crippen molar-refractivity contribution in [3.05, 3.63) is 66.0 Å². The Bertz CT molecular complexity index is 1140. The first-order valence-corrected chi connectivity index (χ1v) is 10.9. The largest absolute Gasteiger partial charge is 0.493 e. The van der Waals surface area contributed by atoms with Crippen LogP contribution in [0.3, 0.4) is 0 Å². The molecule has 2 saturated heterocycles. The number of ether oxygens (including phenoxy) is 3. The number of carbonyl (C=O) groups is 2. The predicted molar refractivity (Wildman–Crippen MR) is 119 cm³/mol. The molecule has 3 aliphatic rings. The number of fused-ring (bicyclic) bond motifs is 1. The fraction of sp³-hybridized carbons (Fsp3) is 0.360. The minimum absolute atomic E-state index is 0.194. The molecule has 172 valence electrons. The average molecular weight is 452 g/mol. The van der Waals surface area contributed by atoms with E-state index in [-0.39, 0.29) is 24.0 Å². The van der Waals surface area contributed by atoms with Crippen molar-refractivity contribution in [1.29, 1.82) is 0 Å². The molecule has 4 atom stereocenters. The summed E-state index contributed by atoms with van der Waals surface area (Å²) in [6, 6.07) is 11.8. The summed E-state index contributed by atoms with van der Waals surface area (Å²) in [6.45, 7) is 0.589. The van der Waals surface area contributed by atoms with E-state index in [4.69, 9.17) is 14.2 Å². The standard InChI is InChI=1S/C25H25FN2O5/c1-31-18-8-7-15(13-20(18)32-2)10-12-27-23(29)21-19-9-11-25(33-19)14-28(24(30)22(21)25)17-6-4-3-5-16(17)26/h3-9,11,13,19,21-22H,10,12,14H2,1-2H3,(H,27,29)/t19-,21-,22+,25-/m1/s1.